The number of fused-ring (bicyclic) bond motifs is 2. The van der Waals surface area contributed by atoms with Crippen molar-refractivity contribution in [3.05, 3.63) is 28.2 Å². The molecule has 2 amide bonds. The van der Waals surface area contributed by atoms with E-state index in [2.05, 4.69) is 15.9 Å². The number of carbonyl (C=O) groups is 2. The maximum absolute atomic E-state index is 12.9. The Morgan fingerprint density at radius 2 is 1.88 bits per heavy atom. The summed E-state index contributed by atoms with van der Waals surface area (Å²) in [6, 6.07) is 5.98. The van der Waals surface area contributed by atoms with Gasteiger partial charge in [-0.2, -0.15) is 0 Å². The molecule has 2 heterocycles. The molecule has 0 unspecified atom stereocenters. The van der Waals surface area contributed by atoms with E-state index in [0.717, 1.165) is 15.7 Å². The number of amides is 2. The predicted molar refractivity (Wildman–Crippen MR) is 96.3 cm³/mol. The Bertz CT molecular complexity index is 688. The third kappa shape index (κ3) is 2.81. The van der Waals surface area contributed by atoms with Crippen molar-refractivity contribution in [1.82, 2.24) is 4.90 Å². The van der Waals surface area contributed by atoms with Gasteiger partial charge in [-0.3, -0.25) is 4.79 Å². The molecule has 1 spiro atoms. The third-order valence-electron chi connectivity index (χ3n) is 4.82. The number of piperidine rings is 1. The average Bonchev–Trinajstić information content (AvgIpc) is 2.69. The number of benzene rings is 1. The maximum Gasteiger partial charge on any atom is 0.410 e. The second kappa shape index (κ2) is 5.76. The van der Waals surface area contributed by atoms with Crippen LogP contribution in [-0.4, -0.2) is 42.6 Å². The first kappa shape index (κ1) is 17.3. The van der Waals surface area contributed by atoms with E-state index in [-0.39, 0.29) is 12.0 Å². The number of likely N-dealkylation sites (N-methyl/N-ethyl adjacent to an activating group) is 1. The first-order valence-electron chi connectivity index (χ1n) is 8.20. The van der Waals surface area contributed by atoms with Crippen LogP contribution < -0.4 is 4.90 Å². The van der Waals surface area contributed by atoms with Crippen LogP contribution in [-0.2, 0) is 14.9 Å². The van der Waals surface area contributed by atoms with Crippen molar-refractivity contribution in [1.29, 1.82) is 0 Å². The minimum Gasteiger partial charge on any atom is -0.444 e. The Labute approximate surface area is 151 Å². The summed E-state index contributed by atoms with van der Waals surface area (Å²) in [5.74, 6) is 0.124. The quantitative estimate of drug-likeness (QED) is 0.673. The highest BCUT2D eigenvalue weighted by Gasteiger charge is 2.51. The molecule has 1 aromatic carbocycles. The number of anilines is 1. The van der Waals surface area contributed by atoms with Crippen molar-refractivity contribution < 1.29 is 14.3 Å². The van der Waals surface area contributed by atoms with E-state index in [1.54, 1.807) is 9.80 Å². The molecule has 0 aromatic heterocycles. The van der Waals surface area contributed by atoms with E-state index < -0.39 is 11.0 Å². The van der Waals surface area contributed by atoms with Crippen molar-refractivity contribution in [2.45, 2.75) is 44.6 Å². The van der Waals surface area contributed by atoms with Gasteiger partial charge in [0.1, 0.15) is 5.60 Å². The van der Waals surface area contributed by atoms with Crippen LogP contribution in [0.2, 0.25) is 0 Å². The fourth-order valence-corrected chi connectivity index (χ4v) is 3.97. The standard InChI is InChI=1S/C18H23BrN2O3/c1-17(2,3)24-16(23)21-9-7-18(8-10-21)13-11-12(19)5-6-14(13)20(4)15(18)22/h5-6,11H,7-10H2,1-4H3. The van der Waals surface area contributed by atoms with Gasteiger partial charge in [0, 0.05) is 30.3 Å². The van der Waals surface area contributed by atoms with Gasteiger partial charge in [0.2, 0.25) is 5.91 Å². The van der Waals surface area contributed by atoms with Gasteiger partial charge in [0.05, 0.1) is 5.41 Å². The second-order valence-corrected chi connectivity index (χ2v) is 8.49. The molecule has 3 rings (SSSR count). The molecule has 1 saturated heterocycles. The van der Waals surface area contributed by atoms with Crippen molar-refractivity contribution in [3.63, 3.8) is 0 Å². The summed E-state index contributed by atoms with van der Waals surface area (Å²) < 4.78 is 6.42. The molecule has 0 N–H and O–H groups in total. The number of rotatable bonds is 0. The molecule has 0 atom stereocenters. The van der Waals surface area contributed by atoms with Gasteiger partial charge in [-0.1, -0.05) is 15.9 Å². The van der Waals surface area contributed by atoms with Gasteiger partial charge in [-0.25, -0.2) is 4.79 Å². The SMILES string of the molecule is CN1C(=O)C2(CCN(C(=O)OC(C)(C)C)CC2)c2cc(Br)ccc21. The zero-order chi connectivity index (χ0) is 17.7. The summed E-state index contributed by atoms with van der Waals surface area (Å²) in [7, 11) is 1.82. The fourth-order valence-electron chi connectivity index (χ4n) is 3.61. The van der Waals surface area contributed by atoms with E-state index >= 15 is 0 Å². The molecular weight excluding hydrogens is 372 g/mol. The van der Waals surface area contributed by atoms with Gasteiger partial charge in [0.15, 0.2) is 0 Å². The first-order chi connectivity index (χ1) is 11.1. The lowest BCUT2D eigenvalue weighted by Gasteiger charge is -2.38. The monoisotopic (exact) mass is 394 g/mol. The Hall–Kier alpha value is -1.56. The summed E-state index contributed by atoms with van der Waals surface area (Å²) >= 11 is 3.51. The summed E-state index contributed by atoms with van der Waals surface area (Å²) in [4.78, 5) is 28.6. The van der Waals surface area contributed by atoms with Crippen molar-refractivity contribution >= 4 is 33.6 Å². The molecule has 130 valence electrons. The molecule has 24 heavy (non-hydrogen) atoms. The van der Waals surface area contributed by atoms with E-state index in [1.807, 2.05) is 46.0 Å². The third-order valence-corrected chi connectivity index (χ3v) is 5.31. The smallest absolute Gasteiger partial charge is 0.410 e. The number of hydrogen-bond donors (Lipinski definition) is 0. The molecule has 2 aliphatic rings. The lowest BCUT2D eigenvalue weighted by molar-refractivity contribution is -0.124. The number of halogens is 1. The molecule has 0 bridgehead atoms. The Kier molecular flexibility index (Phi) is 4.14. The summed E-state index contributed by atoms with van der Waals surface area (Å²) in [6.45, 7) is 6.64. The Morgan fingerprint density at radius 3 is 2.46 bits per heavy atom. The fraction of sp³-hybridized carbons (Fsp3) is 0.556. The summed E-state index contributed by atoms with van der Waals surface area (Å²) in [6.07, 6.45) is 0.947. The van der Waals surface area contributed by atoms with Crippen LogP contribution in [0.4, 0.5) is 10.5 Å². The predicted octanol–water partition coefficient (Wildman–Crippen LogP) is 3.69. The Morgan fingerprint density at radius 1 is 1.25 bits per heavy atom. The second-order valence-electron chi connectivity index (χ2n) is 7.58. The van der Waals surface area contributed by atoms with Gasteiger partial charge in [-0.15, -0.1) is 0 Å². The van der Waals surface area contributed by atoms with E-state index in [4.69, 9.17) is 4.74 Å². The van der Waals surface area contributed by atoms with Crippen LogP contribution >= 0.6 is 15.9 Å². The molecule has 6 heteroatoms. The molecule has 0 aliphatic carbocycles. The van der Waals surface area contributed by atoms with Crippen LogP contribution in [0.3, 0.4) is 0 Å². The zero-order valence-corrected chi connectivity index (χ0v) is 16.1. The van der Waals surface area contributed by atoms with Gasteiger partial charge >= 0.3 is 6.09 Å². The minimum atomic E-state index is -0.521. The number of nitrogens with zero attached hydrogens (tertiary/aromatic N) is 2. The molecule has 5 nitrogen and oxygen atoms in total. The summed E-state index contributed by atoms with van der Waals surface area (Å²) in [5, 5.41) is 0. The highest BCUT2D eigenvalue weighted by molar-refractivity contribution is 9.10. The number of likely N-dealkylation sites (tertiary alicyclic amines) is 1. The van der Waals surface area contributed by atoms with E-state index in [0.29, 0.717) is 25.9 Å². The van der Waals surface area contributed by atoms with Gasteiger partial charge in [-0.05, 0) is 57.4 Å². The number of carbonyl (C=O) groups excluding carboxylic acids is 2. The van der Waals surface area contributed by atoms with Gasteiger partial charge in [0.25, 0.3) is 0 Å². The highest BCUT2D eigenvalue weighted by Crippen LogP contribution is 2.48. The van der Waals surface area contributed by atoms with Crippen molar-refractivity contribution in [2.75, 3.05) is 25.0 Å². The summed E-state index contributed by atoms with van der Waals surface area (Å²) in [5.41, 5.74) is 1.00. The lowest BCUT2D eigenvalue weighted by atomic mass is 9.74. The van der Waals surface area contributed by atoms with Crippen LogP contribution in [0.5, 0.6) is 0 Å². The zero-order valence-electron chi connectivity index (χ0n) is 14.6. The largest absolute Gasteiger partial charge is 0.444 e. The topological polar surface area (TPSA) is 49.9 Å². The number of ether oxygens (including phenoxy) is 1. The average molecular weight is 395 g/mol. The van der Waals surface area contributed by atoms with E-state index in [1.165, 1.54) is 0 Å². The first-order valence-corrected chi connectivity index (χ1v) is 8.99. The molecule has 1 aromatic rings. The molecular formula is C18H23BrN2O3. The van der Waals surface area contributed by atoms with Gasteiger partial charge < -0.3 is 14.5 Å². The normalized spacial score (nSPS) is 19.6. The Balaban J connectivity index is 1.82. The lowest BCUT2D eigenvalue weighted by Crippen LogP contribution is -2.50. The van der Waals surface area contributed by atoms with Crippen molar-refractivity contribution in [3.8, 4) is 0 Å². The molecule has 2 aliphatic heterocycles. The molecule has 0 saturated carbocycles. The molecule has 1 fully saturated rings. The number of hydrogen-bond acceptors (Lipinski definition) is 3. The van der Waals surface area contributed by atoms with E-state index in [9.17, 15) is 9.59 Å². The van der Waals surface area contributed by atoms with Crippen LogP contribution in [0.1, 0.15) is 39.2 Å². The molecule has 0 radical (unpaired) electrons. The van der Waals surface area contributed by atoms with Crippen LogP contribution in [0, 0.1) is 0 Å². The van der Waals surface area contributed by atoms with Crippen molar-refractivity contribution in [2.24, 2.45) is 0 Å². The highest BCUT2D eigenvalue weighted by atomic mass is 79.9. The van der Waals surface area contributed by atoms with Crippen LogP contribution in [0.25, 0.3) is 0 Å². The maximum atomic E-state index is 12.9. The van der Waals surface area contributed by atoms with Crippen LogP contribution in [0.15, 0.2) is 22.7 Å². The minimum absolute atomic E-state index is 0.124.